The number of benzene rings is 2. The molecule has 222 valence electrons. The van der Waals surface area contributed by atoms with Gasteiger partial charge in [0.15, 0.2) is 0 Å². The lowest BCUT2D eigenvalue weighted by molar-refractivity contribution is -0.118. The number of hydrogen-bond acceptors (Lipinski definition) is 7. The summed E-state index contributed by atoms with van der Waals surface area (Å²) < 4.78 is 65.1. The van der Waals surface area contributed by atoms with E-state index in [9.17, 15) is 23.5 Å². The molecule has 0 radical (unpaired) electrons. The zero-order valence-electron chi connectivity index (χ0n) is 22.6. The molecule has 2 saturated heterocycles. The van der Waals surface area contributed by atoms with Crippen LogP contribution in [0.4, 0.5) is 29.2 Å². The number of halogens is 4. The van der Waals surface area contributed by atoms with Crippen LogP contribution in [0.25, 0.3) is 0 Å². The Bertz CT molecular complexity index is 1450. The van der Waals surface area contributed by atoms with Crippen molar-refractivity contribution in [2.24, 2.45) is 0 Å². The van der Waals surface area contributed by atoms with Crippen molar-refractivity contribution in [2.45, 2.75) is 44.1 Å². The fourth-order valence-corrected chi connectivity index (χ4v) is 5.51. The SMILES string of the molecule is COc1cc(F)c([C@H]2[C@H](NC(=O)c3ccc(OC(F)F)cc3)C(=O)N(c3cccc(N4CC[C@H](O)C4)n3)[C@H]2C)c(F)c1. The fourth-order valence-electron chi connectivity index (χ4n) is 5.51. The van der Waals surface area contributed by atoms with Gasteiger partial charge >= 0.3 is 6.61 Å². The molecular formula is C29H28F4N4O5. The summed E-state index contributed by atoms with van der Waals surface area (Å²) >= 11 is 0. The van der Waals surface area contributed by atoms with Crippen molar-refractivity contribution in [3.8, 4) is 11.5 Å². The van der Waals surface area contributed by atoms with Crippen molar-refractivity contribution in [2.75, 3.05) is 30.0 Å². The van der Waals surface area contributed by atoms with E-state index < -0.39 is 59.7 Å². The summed E-state index contributed by atoms with van der Waals surface area (Å²) in [6, 6.07) is 9.49. The van der Waals surface area contributed by atoms with Crippen LogP contribution in [-0.4, -0.2) is 66.9 Å². The predicted octanol–water partition coefficient (Wildman–Crippen LogP) is 3.86. The van der Waals surface area contributed by atoms with E-state index in [1.165, 1.54) is 24.1 Å². The van der Waals surface area contributed by atoms with Crippen LogP contribution in [0.2, 0.25) is 0 Å². The highest BCUT2D eigenvalue weighted by molar-refractivity contribution is 6.05. The van der Waals surface area contributed by atoms with Gasteiger partial charge in [-0.25, -0.2) is 13.8 Å². The number of aliphatic hydroxyl groups is 1. The smallest absolute Gasteiger partial charge is 0.387 e. The first-order valence-corrected chi connectivity index (χ1v) is 13.2. The number of nitrogens with zero attached hydrogens (tertiary/aromatic N) is 3. The number of ether oxygens (including phenoxy) is 2. The Morgan fingerprint density at radius 1 is 1.07 bits per heavy atom. The molecule has 5 rings (SSSR count). The molecule has 3 heterocycles. The number of methoxy groups -OCH3 is 1. The number of carbonyl (C=O) groups excluding carboxylic acids is 2. The van der Waals surface area contributed by atoms with E-state index in [0.717, 1.165) is 24.3 Å². The Hall–Kier alpha value is -4.39. The summed E-state index contributed by atoms with van der Waals surface area (Å²) in [5.41, 5.74) is -0.401. The monoisotopic (exact) mass is 588 g/mol. The van der Waals surface area contributed by atoms with Gasteiger partial charge in [-0.1, -0.05) is 6.07 Å². The summed E-state index contributed by atoms with van der Waals surface area (Å²) in [6.45, 7) is -0.523. The molecule has 0 aliphatic carbocycles. The maximum Gasteiger partial charge on any atom is 0.387 e. The van der Waals surface area contributed by atoms with Crippen LogP contribution in [0, 0.1) is 11.6 Å². The number of hydrogen-bond donors (Lipinski definition) is 2. The molecule has 0 spiro atoms. The van der Waals surface area contributed by atoms with Crippen LogP contribution in [0.1, 0.15) is 35.2 Å². The normalized spacial score (nSPS) is 22.1. The zero-order valence-corrected chi connectivity index (χ0v) is 22.6. The van der Waals surface area contributed by atoms with Crippen LogP contribution >= 0.6 is 0 Å². The maximum atomic E-state index is 15.4. The highest BCUT2D eigenvalue weighted by atomic mass is 19.3. The first-order chi connectivity index (χ1) is 20.1. The molecule has 2 fully saturated rings. The predicted molar refractivity (Wildman–Crippen MR) is 144 cm³/mol. The minimum Gasteiger partial charge on any atom is -0.497 e. The van der Waals surface area contributed by atoms with E-state index in [-0.39, 0.29) is 22.9 Å². The highest BCUT2D eigenvalue weighted by Gasteiger charge is 2.50. The number of nitrogens with one attached hydrogen (secondary N) is 1. The van der Waals surface area contributed by atoms with Gasteiger partial charge in [-0.2, -0.15) is 8.78 Å². The third-order valence-electron chi connectivity index (χ3n) is 7.49. The summed E-state index contributed by atoms with van der Waals surface area (Å²) in [7, 11) is 1.26. The number of pyridine rings is 1. The first-order valence-electron chi connectivity index (χ1n) is 13.2. The van der Waals surface area contributed by atoms with Gasteiger partial charge in [0.05, 0.1) is 13.2 Å². The van der Waals surface area contributed by atoms with E-state index in [2.05, 4.69) is 15.0 Å². The second-order valence-electron chi connectivity index (χ2n) is 10.1. The molecule has 4 atom stereocenters. The minimum absolute atomic E-state index is 0.0117. The number of aromatic nitrogens is 1. The van der Waals surface area contributed by atoms with Crippen molar-refractivity contribution < 1.29 is 41.7 Å². The number of amides is 2. The van der Waals surface area contributed by atoms with Gasteiger partial charge in [-0.15, -0.1) is 0 Å². The Labute approximate surface area is 238 Å². The lowest BCUT2D eigenvalue weighted by atomic mass is 9.87. The zero-order chi connectivity index (χ0) is 30.1. The third-order valence-corrected chi connectivity index (χ3v) is 7.49. The Balaban J connectivity index is 1.51. The molecule has 3 aromatic rings. The number of β-amino-alcohol motifs (C(OH)–C–C–N with tert-alkyl or cyclic N) is 1. The van der Waals surface area contributed by atoms with Crippen LogP contribution in [0.15, 0.2) is 54.6 Å². The first kappa shape index (κ1) is 29.1. The number of rotatable bonds is 8. The van der Waals surface area contributed by atoms with E-state index >= 15 is 8.78 Å². The van der Waals surface area contributed by atoms with Gasteiger partial charge in [0, 0.05) is 48.3 Å². The molecule has 0 unspecified atom stereocenters. The molecule has 2 N–H and O–H groups in total. The Morgan fingerprint density at radius 2 is 1.74 bits per heavy atom. The average Bonchev–Trinajstić information content (AvgIpc) is 3.49. The Morgan fingerprint density at radius 3 is 2.33 bits per heavy atom. The number of anilines is 2. The van der Waals surface area contributed by atoms with Gasteiger partial charge in [0.2, 0.25) is 0 Å². The van der Waals surface area contributed by atoms with Crippen molar-refractivity contribution in [3.05, 3.63) is 77.4 Å². The molecule has 42 heavy (non-hydrogen) atoms. The minimum atomic E-state index is -3.05. The summed E-state index contributed by atoms with van der Waals surface area (Å²) in [4.78, 5) is 34.9. The van der Waals surface area contributed by atoms with Crippen molar-refractivity contribution in [1.29, 1.82) is 0 Å². The lowest BCUT2D eigenvalue weighted by Crippen LogP contribution is -2.44. The van der Waals surface area contributed by atoms with Crippen molar-refractivity contribution in [3.63, 3.8) is 0 Å². The lowest BCUT2D eigenvalue weighted by Gasteiger charge is -2.26. The average molecular weight is 589 g/mol. The summed E-state index contributed by atoms with van der Waals surface area (Å²) in [5, 5.41) is 12.5. The number of aliphatic hydroxyl groups excluding tert-OH is 1. The maximum absolute atomic E-state index is 15.4. The number of alkyl halides is 2. The molecule has 0 saturated carbocycles. The number of carbonyl (C=O) groups is 2. The van der Waals surface area contributed by atoms with Gasteiger partial charge < -0.3 is 24.8 Å². The second kappa shape index (κ2) is 11.8. The molecule has 0 bridgehead atoms. The molecule has 2 aliphatic rings. The van der Waals surface area contributed by atoms with Crippen LogP contribution in [0.3, 0.4) is 0 Å². The molecule has 13 heteroatoms. The summed E-state index contributed by atoms with van der Waals surface area (Å²) in [5.74, 6) is -4.04. The third kappa shape index (κ3) is 5.69. The van der Waals surface area contributed by atoms with Crippen molar-refractivity contribution in [1.82, 2.24) is 10.3 Å². The second-order valence-corrected chi connectivity index (χ2v) is 10.1. The topological polar surface area (TPSA) is 104 Å². The van der Waals surface area contributed by atoms with Crippen LogP contribution in [0.5, 0.6) is 11.5 Å². The van der Waals surface area contributed by atoms with Crippen molar-refractivity contribution >= 4 is 23.5 Å². The van der Waals surface area contributed by atoms with E-state index in [0.29, 0.717) is 25.3 Å². The molecule has 2 aliphatic heterocycles. The molecule has 2 amide bonds. The largest absolute Gasteiger partial charge is 0.497 e. The Kier molecular flexibility index (Phi) is 8.21. The molecule has 2 aromatic carbocycles. The van der Waals surface area contributed by atoms with Crippen LogP contribution < -0.4 is 24.6 Å². The van der Waals surface area contributed by atoms with Gasteiger partial charge in [0.1, 0.15) is 40.8 Å². The molecular weight excluding hydrogens is 560 g/mol. The molecule has 9 nitrogen and oxygen atoms in total. The van der Waals surface area contributed by atoms with E-state index in [4.69, 9.17) is 4.74 Å². The van der Waals surface area contributed by atoms with Gasteiger partial charge in [-0.05, 0) is 49.7 Å². The quantitative estimate of drug-likeness (QED) is 0.386. The summed E-state index contributed by atoms with van der Waals surface area (Å²) in [6.07, 6.45) is 0.0515. The van der Waals surface area contributed by atoms with E-state index in [1.54, 1.807) is 25.1 Å². The van der Waals surface area contributed by atoms with E-state index in [1.807, 2.05) is 4.90 Å². The standard InChI is InChI=1S/C29H28F4N4O5/c1-15-24(25-20(30)12-19(41-2)13-21(25)31)26(35-27(39)16-6-8-18(9-7-16)42-29(32)33)28(40)37(15)23-5-3-4-22(34-23)36-11-10-17(38)14-36/h3-9,12-13,15,17,24,26,29,38H,10-11,14H2,1-2H3,(H,35,39)/t15-,17-,24-,26-/m0/s1. The van der Waals surface area contributed by atoms with Gasteiger partial charge in [-0.3, -0.25) is 14.5 Å². The fraction of sp³-hybridized carbons (Fsp3) is 0.345. The molecule has 1 aromatic heterocycles. The van der Waals surface area contributed by atoms with Gasteiger partial charge in [0.25, 0.3) is 11.8 Å². The van der Waals surface area contributed by atoms with Crippen LogP contribution in [-0.2, 0) is 4.79 Å². The highest BCUT2D eigenvalue weighted by Crippen LogP contribution is 2.41.